The molecule has 0 atom stereocenters. The maximum absolute atomic E-state index is 11.8. The van der Waals surface area contributed by atoms with Crippen molar-refractivity contribution in [2.45, 2.75) is 14.7 Å². The van der Waals surface area contributed by atoms with Gasteiger partial charge in [-0.05, 0) is 47.4 Å². The van der Waals surface area contributed by atoms with E-state index in [9.17, 15) is 45.7 Å². The fourth-order valence-corrected chi connectivity index (χ4v) is 6.06. The molecular formula is C26H15Li3N6O10S3. The maximum atomic E-state index is 11.8. The van der Waals surface area contributed by atoms with Gasteiger partial charge < -0.3 is 24.5 Å². The van der Waals surface area contributed by atoms with Gasteiger partial charge in [-0.2, -0.15) is 5.11 Å². The van der Waals surface area contributed by atoms with Crippen LogP contribution in [0.5, 0.6) is 5.75 Å². The summed E-state index contributed by atoms with van der Waals surface area (Å²) in [5.74, 6) is -0.860. The van der Waals surface area contributed by atoms with Crippen LogP contribution >= 0.6 is 12.0 Å². The van der Waals surface area contributed by atoms with Gasteiger partial charge in [-0.15, -0.1) is 15.3 Å². The molecule has 0 unspecified atom stereocenters. The minimum absolute atomic E-state index is 0. The average Bonchev–Trinajstić information content (AvgIpc) is 2.98. The Labute approximate surface area is 312 Å². The van der Waals surface area contributed by atoms with E-state index in [2.05, 4.69) is 20.5 Å². The topological polar surface area (TPSA) is 276 Å². The summed E-state index contributed by atoms with van der Waals surface area (Å²) in [4.78, 5) is 8.50. The number of nitrogen functional groups attached to an aromatic ring is 1. The van der Waals surface area contributed by atoms with E-state index < -0.39 is 57.2 Å². The predicted octanol–water partition coefficient (Wildman–Crippen LogP) is -2.94. The average molecular weight is 688 g/mol. The van der Waals surface area contributed by atoms with E-state index in [4.69, 9.17) is 5.73 Å². The third-order valence-corrected chi connectivity index (χ3v) is 8.57. The number of nitro benzene ring substituents is 1. The third kappa shape index (κ3) is 8.47. The molecule has 0 saturated heterocycles. The molecule has 0 spiro atoms. The number of anilines is 1. The number of rotatable bonds is 8. The second kappa shape index (κ2) is 16.0. The summed E-state index contributed by atoms with van der Waals surface area (Å²) in [6.45, 7) is 0. The molecule has 0 amide bonds. The minimum atomic E-state index is -5.37. The van der Waals surface area contributed by atoms with Gasteiger partial charge in [0.15, 0.2) is 5.75 Å². The Kier molecular flexibility index (Phi) is 13.6. The van der Waals surface area contributed by atoms with E-state index in [0.717, 1.165) is 12.1 Å². The number of azo groups is 2. The predicted molar refractivity (Wildman–Crippen MR) is 158 cm³/mol. The number of hydrogen-bond acceptors (Lipinski definition) is 16. The van der Waals surface area contributed by atoms with E-state index in [-0.39, 0.29) is 97.1 Å². The summed E-state index contributed by atoms with van der Waals surface area (Å²) >= 11 is 0.212. The minimum Gasteiger partial charge on any atom is -0.795 e. The molecule has 48 heavy (non-hydrogen) atoms. The van der Waals surface area contributed by atoms with Gasteiger partial charge in [-0.25, -0.2) is 28.9 Å². The van der Waals surface area contributed by atoms with Crippen LogP contribution in [0.15, 0.2) is 108 Å². The van der Waals surface area contributed by atoms with Crippen LogP contribution in [0.25, 0.3) is 21.5 Å². The van der Waals surface area contributed by atoms with Crippen molar-refractivity contribution in [3.05, 3.63) is 82.9 Å². The molecule has 0 aliphatic rings. The van der Waals surface area contributed by atoms with Gasteiger partial charge >= 0.3 is 56.6 Å². The zero-order valence-corrected chi connectivity index (χ0v) is 27.5. The Morgan fingerprint density at radius 3 is 1.88 bits per heavy atom. The summed E-state index contributed by atoms with van der Waals surface area (Å²) in [5.41, 5.74) is 5.15. The van der Waals surface area contributed by atoms with Crippen LogP contribution in [-0.4, -0.2) is 40.5 Å². The van der Waals surface area contributed by atoms with Gasteiger partial charge in [0.05, 0.1) is 42.9 Å². The summed E-state index contributed by atoms with van der Waals surface area (Å²) in [6.07, 6.45) is 0. The number of hydrogen-bond donors (Lipinski definition) is 2. The van der Waals surface area contributed by atoms with E-state index in [1.807, 2.05) is 0 Å². The van der Waals surface area contributed by atoms with Crippen LogP contribution in [0, 0.1) is 10.1 Å². The first-order chi connectivity index (χ1) is 21.2. The molecule has 5 aromatic carbocycles. The molecule has 0 saturated carbocycles. The first-order valence-corrected chi connectivity index (χ1v) is 15.7. The van der Waals surface area contributed by atoms with Crippen LogP contribution in [0.4, 0.5) is 34.1 Å². The van der Waals surface area contributed by atoms with Crippen molar-refractivity contribution in [1.82, 2.24) is 0 Å². The number of fused-ring (bicyclic) bond motifs is 2. The van der Waals surface area contributed by atoms with Crippen LogP contribution < -0.4 is 62.3 Å². The molecule has 0 fully saturated rings. The molecule has 0 bridgehead atoms. The van der Waals surface area contributed by atoms with Gasteiger partial charge in [0.2, 0.25) is 0 Å². The molecule has 0 radical (unpaired) electrons. The number of phenolic OH excluding ortho intramolecular Hbond substituents is 1. The first kappa shape index (κ1) is 40.9. The quantitative estimate of drug-likeness (QED) is 0.0315. The molecule has 0 aliphatic carbocycles. The summed E-state index contributed by atoms with van der Waals surface area (Å²) in [5, 5.41) is 38.0. The number of nitrogens with two attached hydrogens (primary N) is 1. The van der Waals surface area contributed by atoms with Crippen LogP contribution in [-0.2, 0) is 20.2 Å². The molecule has 0 aromatic heterocycles. The Bertz CT molecular complexity index is 2340. The van der Waals surface area contributed by atoms with Crippen molar-refractivity contribution < 1.29 is 97.1 Å². The molecule has 22 heteroatoms. The first-order valence-electron chi connectivity index (χ1n) is 12.1. The normalized spacial score (nSPS) is 11.7. The Morgan fingerprint density at radius 1 is 0.708 bits per heavy atom. The zero-order chi connectivity index (χ0) is 32.7. The Hall–Kier alpha value is -3.26. The number of nitro groups is 1. The monoisotopic (exact) mass is 688 g/mol. The van der Waals surface area contributed by atoms with Gasteiger partial charge in [0.1, 0.15) is 25.9 Å². The van der Waals surface area contributed by atoms with Crippen molar-refractivity contribution in [1.29, 1.82) is 0 Å². The molecule has 0 aliphatic heterocycles. The maximum Gasteiger partial charge on any atom is 1.00 e. The van der Waals surface area contributed by atoms with E-state index in [0.29, 0.717) is 21.7 Å². The second-order valence-electron chi connectivity index (χ2n) is 9.12. The third-order valence-electron chi connectivity index (χ3n) is 6.38. The Balaban J connectivity index is 0.00000267. The molecule has 0 heterocycles. The molecule has 3 N–H and O–H groups in total. The van der Waals surface area contributed by atoms with Crippen molar-refractivity contribution in [3.8, 4) is 5.75 Å². The molecule has 16 nitrogen and oxygen atoms in total. The van der Waals surface area contributed by atoms with Crippen molar-refractivity contribution in [2.24, 2.45) is 20.5 Å². The molecule has 230 valence electrons. The fourth-order valence-electron chi connectivity index (χ4n) is 4.36. The van der Waals surface area contributed by atoms with E-state index >= 15 is 0 Å². The van der Waals surface area contributed by atoms with Gasteiger partial charge in [-0.1, -0.05) is 18.2 Å². The van der Waals surface area contributed by atoms with Gasteiger partial charge in [0.25, 0.3) is 5.69 Å². The SMILES string of the molecule is Nc1c(S(=O)(=O)[O-])cc(S(=O)(=O)[O-])c2ccc(N=Nc3ccc(N=Nc4cccc([N+](=O)[O-])c4)c4cc(S[O-])ccc34)c(O)c12.[Li+].[Li+].[Li+]. The number of benzene rings is 5. The molecule has 5 rings (SSSR count). The van der Waals surface area contributed by atoms with Crippen molar-refractivity contribution in [2.75, 3.05) is 5.73 Å². The fraction of sp³-hybridized carbons (Fsp3) is 0. The molecular weight excluding hydrogens is 673 g/mol. The largest absolute Gasteiger partial charge is 1.00 e. The van der Waals surface area contributed by atoms with E-state index in [1.165, 1.54) is 48.5 Å². The van der Waals surface area contributed by atoms with Crippen LogP contribution in [0.2, 0.25) is 0 Å². The summed E-state index contributed by atoms with van der Waals surface area (Å²) < 4.78 is 82.2. The number of nitrogens with zero attached hydrogens (tertiary/aromatic N) is 5. The Morgan fingerprint density at radius 2 is 1.27 bits per heavy atom. The van der Waals surface area contributed by atoms with Crippen LogP contribution in [0.1, 0.15) is 0 Å². The van der Waals surface area contributed by atoms with Crippen LogP contribution in [0.3, 0.4) is 0 Å². The molecule has 5 aromatic rings. The second-order valence-corrected chi connectivity index (χ2v) is 12.5. The number of non-ortho nitro benzene ring substituents is 1. The zero-order valence-electron chi connectivity index (χ0n) is 25.1. The van der Waals surface area contributed by atoms with Crippen molar-refractivity contribution in [3.63, 3.8) is 0 Å². The van der Waals surface area contributed by atoms with Gasteiger partial charge in [0, 0.05) is 28.3 Å². The van der Waals surface area contributed by atoms with Crippen molar-refractivity contribution >= 4 is 87.9 Å². The smallest absolute Gasteiger partial charge is 0.795 e. The standard InChI is InChI=1S/C26H18N6O10S3.3Li/c27-25-23(45(40,41)42)12-22(44(37,38)39)17-6-7-21(26(33)24(17)25)31-30-19-8-9-20(18-11-15(43-36)4-5-16(18)19)29-28-13-2-1-3-14(10-13)32(34)35;;;/h1-12,33,36H,27H2,(H,37,38,39)(H,40,41,42);;;/q;3*+1/p-3. The van der Waals surface area contributed by atoms with Gasteiger partial charge in [-0.3, -0.25) is 10.1 Å². The summed E-state index contributed by atoms with van der Waals surface area (Å²) in [7, 11) is -10.7. The number of aromatic hydroxyl groups is 1. The van der Waals surface area contributed by atoms with E-state index in [1.54, 1.807) is 6.07 Å². The summed E-state index contributed by atoms with van der Waals surface area (Å²) in [6, 6.07) is 15.4. The number of phenols is 1.